The summed E-state index contributed by atoms with van der Waals surface area (Å²) in [5.41, 5.74) is 4.38. The van der Waals surface area contributed by atoms with Gasteiger partial charge in [-0.05, 0) is 169 Å². The minimum Gasteiger partial charge on any atom is -0.381 e. The third kappa shape index (κ3) is 19.9. The molecular weight excluding hydrogens is 661 g/mol. The lowest BCUT2D eigenvalue weighted by Crippen LogP contribution is -2.13. The van der Waals surface area contributed by atoms with E-state index in [1.54, 1.807) is 0 Å². The molecule has 0 saturated heterocycles. The Morgan fingerprint density at radius 1 is 0.537 bits per heavy atom. The van der Waals surface area contributed by atoms with Crippen LogP contribution in [0, 0.1) is 34.5 Å². The highest BCUT2D eigenvalue weighted by Crippen LogP contribution is 2.39. The molecule has 2 aromatic rings. The van der Waals surface area contributed by atoms with Crippen molar-refractivity contribution in [2.24, 2.45) is 11.8 Å². The molecule has 0 aliphatic heterocycles. The van der Waals surface area contributed by atoms with Gasteiger partial charge in [-0.1, -0.05) is 87.4 Å². The SMILES string of the molecule is C=CCCCCCCOCCCCC1CCC(c2ccc(C#N)cc2)CC1.CC=CCCCCCOCCCCC1CCC(c2ccc(C#N)cc2)CC1. The molecule has 0 aromatic heterocycles. The van der Waals surface area contributed by atoms with E-state index >= 15 is 0 Å². The third-order valence-corrected chi connectivity index (χ3v) is 11.9. The first kappa shape index (κ1) is 45.2. The maximum absolute atomic E-state index is 8.92. The van der Waals surface area contributed by atoms with Crippen LogP contribution >= 0.6 is 0 Å². The average molecular weight is 735 g/mol. The Hall–Kier alpha value is -3.18. The van der Waals surface area contributed by atoms with Gasteiger partial charge in [0, 0.05) is 26.4 Å². The van der Waals surface area contributed by atoms with E-state index in [-0.39, 0.29) is 0 Å². The summed E-state index contributed by atoms with van der Waals surface area (Å²) in [6.07, 6.45) is 36.1. The van der Waals surface area contributed by atoms with Crippen LogP contribution in [0.3, 0.4) is 0 Å². The first-order valence-corrected chi connectivity index (χ1v) is 22.0. The second-order valence-corrected chi connectivity index (χ2v) is 16.0. The van der Waals surface area contributed by atoms with E-state index in [1.165, 1.54) is 152 Å². The van der Waals surface area contributed by atoms with Crippen molar-refractivity contribution in [3.63, 3.8) is 0 Å². The van der Waals surface area contributed by atoms with Crippen molar-refractivity contribution in [2.45, 2.75) is 166 Å². The monoisotopic (exact) mass is 735 g/mol. The van der Waals surface area contributed by atoms with Gasteiger partial charge in [0.2, 0.25) is 0 Å². The predicted octanol–water partition coefficient (Wildman–Crippen LogP) is 14.3. The minimum atomic E-state index is 0.698. The van der Waals surface area contributed by atoms with Crippen LogP contribution in [0.4, 0.5) is 0 Å². The molecule has 296 valence electrons. The zero-order valence-electron chi connectivity index (χ0n) is 34.2. The van der Waals surface area contributed by atoms with E-state index in [0.29, 0.717) is 11.8 Å². The van der Waals surface area contributed by atoms with Gasteiger partial charge in [0.25, 0.3) is 0 Å². The van der Waals surface area contributed by atoms with Crippen LogP contribution in [-0.4, -0.2) is 26.4 Å². The topological polar surface area (TPSA) is 66.0 Å². The van der Waals surface area contributed by atoms with Crippen LogP contribution in [0.5, 0.6) is 0 Å². The number of hydrogen-bond donors (Lipinski definition) is 0. The van der Waals surface area contributed by atoms with Gasteiger partial charge in [-0.25, -0.2) is 0 Å². The first-order chi connectivity index (χ1) is 26.7. The molecule has 2 fully saturated rings. The van der Waals surface area contributed by atoms with E-state index in [0.717, 1.165) is 55.8 Å². The summed E-state index contributed by atoms with van der Waals surface area (Å²) in [6.45, 7) is 9.59. The molecule has 2 aromatic carbocycles. The molecule has 2 aliphatic carbocycles. The summed E-state index contributed by atoms with van der Waals surface area (Å²) in [4.78, 5) is 0. The van der Waals surface area contributed by atoms with E-state index in [4.69, 9.17) is 20.0 Å². The van der Waals surface area contributed by atoms with Gasteiger partial charge in [-0.3, -0.25) is 0 Å². The predicted molar refractivity (Wildman–Crippen MR) is 228 cm³/mol. The molecule has 0 radical (unpaired) electrons. The summed E-state index contributed by atoms with van der Waals surface area (Å²) < 4.78 is 11.6. The number of unbranched alkanes of at least 4 members (excludes halogenated alkanes) is 9. The lowest BCUT2D eigenvalue weighted by Gasteiger charge is -2.29. The van der Waals surface area contributed by atoms with Gasteiger partial charge >= 0.3 is 0 Å². The summed E-state index contributed by atoms with van der Waals surface area (Å²) in [5.74, 6) is 3.21. The zero-order valence-corrected chi connectivity index (χ0v) is 34.2. The van der Waals surface area contributed by atoms with Gasteiger partial charge < -0.3 is 9.47 Å². The fraction of sp³-hybridized carbons (Fsp3) is 0.640. The lowest BCUT2D eigenvalue weighted by molar-refractivity contribution is 0.124. The molecule has 54 heavy (non-hydrogen) atoms. The van der Waals surface area contributed by atoms with Gasteiger partial charge in [-0.15, -0.1) is 6.58 Å². The molecule has 0 N–H and O–H groups in total. The Balaban J connectivity index is 0.000000290. The zero-order chi connectivity index (χ0) is 38.3. The van der Waals surface area contributed by atoms with Gasteiger partial charge in [0.05, 0.1) is 23.3 Å². The molecule has 0 bridgehead atoms. The fourth-order valence-corrected chi connectivity index (χ4v) is 8.36. The van der Waals surface area contributed by atoms with Crippen LogP contribution in [-0.2, 0) is 9.47 Å². The second kappa shape index (κ2) is 30.1. The van der Waals surface area contributed by atoms with Crippen LogP contribution in [0.2, 0.25) is 0 Å². The van der Waals surface area contributed by atoms with Crippen molar-refractivity contribution in [2.75, 3.05) is 26.4 Å². The molecule has 4 heteroatoms. The van der Waals surface area contributed by atoms with Gasteiger partial charge in [0.1, 0.15) is 0 Å². The number of nitrogens with zero attached hydrogens (tertiary/aromatic N) is 2. The maximum atomic E-state index is 8.92. The molecule has 4 rings (SSSR count). The summed E-state index contributed by atoms with van der Waals surface area (Å²) >= 11 is 0. The Morgan fingerprint density at radius 2 is 0.926 bits per heavy atom. The Bertz CT molecular complexity index is 1320. The summed E-state index contributed by atoms with van der Waals surface area (Å²) in [5, 5.41) is 17.8. The largest absolute Gasteiger partial charge is 0.381 e. The van der Waals surface area contributed by atoms with E-state index in [9.17, 15) is 0 Å². The normalized spacial score (nSPS) is 19.8. The molecule has 2 saturated carbocycles. The Morgan fingerprint density at radius 3 is 1.33 bits per heavy atom. The first-order valence-electron chi connectivity index (χ1n) is 22.0. The second-order valence-electron chi connectivity index (χ2n) is 16.0. The average Bonchev–Trinajstić information content (AvgIpc) is 3.22. The number of nitriles is 2. The number of rotatable bonds is 25. The highest BCUT2D eigenvalue weighted by atomic mass is 16.5. The molecule has 0 heterocycles. The van der Waals surface area contributed by atoms with Crippen LogP contribution < -0.4 is 0 Å². The lowest BCUT2D eigenvalue weighted by atomic mass is 9.77. The summed E-state index contributed by atoms with van der Waals surface area (Å²) in [6, 6.07) is 20.9. The molecule has 0 spiro atoms. The van der Waals surface area contributed by atoms with Crippen LogP contribution in [0.15, 0.2) is 73.3 Å². The van der Waals surface area contributed by atoms with Crippen molar-refractivity contribution in [3.8, 4) is 12.1 Å². The van der Waals surface area contributed by atoms with Crippen LogP contribution in [0.1, 0.15) is 189 Å². The van der Waals surface area contributed by atoms with Gasteiger partial charge in [-0.2, -0.15) is 10.5 Å². The van der Waals surface area contributed by atoms with E-state index < -0.39 is 0 Å². The molecule has 4 nitrogen and oxygen atoms in total. The van der Waals surface area contributed by atoms with Crippen molar-refractivity contribution >= 4 is 0 Å². The van der Waals surface area contributed by atoms with Crippen molar-refractivity contribution in [3.05, 3.63) is 95.6 Å². The molecule has 0 unspecified atom stereocenters. The number of allylic oxidation sites excluding steroid dienone is 3. The third-order valence-electron chi connectivity index (χ3n) is 11.9. The van der Waals surface area contributed by atoms with Crippen molar-refractivity contribution in [1.29, 1.82) is 10.5 Å². The van der Waals surface area contributed by atoms with Crippen LogP contribution in [0.25, 0.3) is 0 Å². The Labute approximate surface area is 331 Å². The number of hydrogen-bond acceptors (Lipinski definition) is 4. The smallest absolute Gasteiger partial charge is 0.0991 e. The van der Waals surface area contributed by atoms with Crippen molar-refractivity contribution in [1.82, 2.24) is 0 Å². The molecule has 0 atom stereocenters. The van der Waals surface area contributed by atoms with E-state index in [2.05, 4.69) is 62.1 Å². The van der Waals surface area contributed by atoms with Crippen molar-refractivity contribution < 1.29 is 9.47 Å². The van der Waals surface area contributed by atoms with Gasteiger partial charge in [0.15, 0.2) is 0 Å². The summed E-state index contributed by atoms with van der Waals surface area (Å²) in [7, 11) is 0. The number of benzene rings is 2. The maximum Gasteiger partial charge on any atom is 0.0991 e. The highest BCUT2D eigenvalue weighted by molar-refractivity contribution is 5.34. The standard InChI is InChI=1S/2C25H37NO/c2*1-2-3-4-5-6-8-19-27-20-9-7-10-22-11-15-24(16-12-22)25-17-13-23(21-26)14-18-25/h2-3,13-14,17-18,22,24H,4-12,15-16,19-20H2,1H3;2,13-14,17-18,22,24H,1,3-12,15-16,19-20H2. The fourth-order valence-electron chi connectivity index (χ4n) is 8.36. The van der Waals surface area contributed by atoms with E-state index in [1.807, 2.05) is 30.3 Å². The molecule has 0 amide bonds. The molecule has 2 aliphatic rings. The quantitative estimate of drug-likeness (QED) is 0.0752. The highest BCUT2D eigenvalue weighted by Gasteiger charge is 2.23. The Kier molecular flexibility index (Phi) is 25.2. The molecular formula is C50H74N2O2. The number of ether oxygens (including phenoxy) is 2. The minimum absolute atomic E-state index is 0.698.